The smallest absolute Gasteiger partial charge is 0.266 e. The molecule has 2 aromatic carbocycles. The number of carbonyl (C=O) groups excluding carboxylic acids is 1. The molecule has 1 fully saturated rings. The SMILES string of the molecule is COc1ccc(-c2ccc(N)nc2C)cc1CN(C(=O)c1sc2ccccc2c1Cl)C1CCC(C)CC1. The van der Waals surface area contributed by atoms with Gasteiger partial charge in [0.15, 0.2) is 0 Å². The van der Waals surface area contributed by atoms with E-state index in [0.29, 0.717) is 28.2 Å². The van der Waals surface area contributed by atoms with Crippen LogP contribution in [0.15, 0.2) is 54.6 Å². The van der Waals surface area contributed by atoms with Gasteiger partial charge in [0.05, 0.1) is 12.1 Å². The second-order valence-electron chi connectivity index (χ2n) is 9.98. The van der Waals surface area contributed by atoms with E-state index in [1.165, 1.54) is 11.3 Å². The van der Waals surface area contributed by atoms with E-state index in [1.54, 1.807) is 7.11 Å². The van der Waals surface area contributed by atoms with Crippen molar-refractivity contribution in [1.29, 1.82) is 0 Å². The number of ether oxygens (including phenoxy) is 1. The monoisotopic (exact) mass is 533 g/mol. The number of pyridine rings is 1. The number of carbonyl (C=O) groups is 1. The highest BCUT2D eigenvalue weighted by molar-refractivity contribution is 7.21. The summed E-state index contributed by atoms with van der Waals surface area (Å²) in [6.07, 6.45) is 4.20. The fourth-order valence-corrected chi connectivity index (χ4v) is 6.81. The van der Waals surface area contributed by atoms with Gasteiger partial charge >= 0.3 is 0 Å². The molecule has 0 radical (unpaired) electrons. The summed E-state index contributed by atoms with van der Waals surface area (Å²) in [4.78, 5) is 21.2. The lowest BCUT2D eigenvalue weighted by Crippen LogP contribution is -2.41. The van der Waals surface area contributed by atoms with E-state index in [9.17, 15) is 4.79 Å². The topological polar surface area (TPSA) is 68.5 Å². The van der Waals surface area contributed by atoms with Crippen LogP contribution in [-0.2, 0) is 6.54 Å². The normalized spacial score (nSPS) is 17.6. The molecule has 2 N–H and O–H groups in total. The van der Waals surface area contributed by atoms with Gasteiger partial charge in [-0.2, -0.15) is 0 Å². The largest absolute Gasteiger partial charge is 0.496 e. The van der Waals surface area contributed by atoms with Gasteiger partial charge in [0.2, 0.25) is 0 Å². The standard InChI is InChI=1S/C30H32ClN3O2S/c1-18-8-11-22(12-9-18)34(30(35)29-28(31)24-6-4-5-7-26(24)37-29)17-21-16-20(10-14-25(21)36-3)23-13-15-27(32)33-19(23)2/h4-7,10,13-16,18,22H,8-9,11-12,17H2,1-3H3,(H2,32,33). The summed E-state index contributed by atoms with van der Waals surface area (Å²) >= 11 is 8.25. The summed E-state index contributed by atoms with van der Waals surface area (Å²) in [5, 5.41) is 1.48. The highest BCUT2D eigenvalue weighted by Gasteiger charge is 2.31. The summed E-state index contributed by atoms with van der Waals surface area (Å²) in [7, 11) is 1.67. The third-order valence-corrected chi connectivity index (χ3v) is 9.12. The van der Waals surface area contributed by atoms with Gasteiger partial charge in [-0.05, 0) is 74.4 Å². The molecule has 2 heterocycles. The van der Waals surface area contributed by atoms with E-state index < -0.39 is 0 Å². The molecule has 1 aliphatic rings. The van der Waals surface area contributed by atoms with Crippen LogP contribution in [-0.4, -0.2) is 28.9 Å². The molecule has 1 aliphatic carbocycles. The van der Waals surface area contributed by atoms with Crippen molar-refractivity contribution >= 4 is 44.7 Å². The number of anilines is 1. The summed E-state index contributed by atoms with van der Waals surface area (Å²) in [6.45, 7) is 4.69. The molecule has 37 heavy (non-hydrogen) atoms. The van der Waals surface area contributed by atoms with Crippen LogP contribution in [0.5, 0.6) is 5.75 Å². The van der Waals surface area contributed by atoms with Gasteiger partial charge in [0, 0.05) is 39.5 Å². The minimum Gasteiger partial charge on any atom is -0.496 e. The number of methoxy groups -OCH3 is 1. The second kappa shape index (κ2) is 10.7. The van der Waals surface area contributed by atoms with Crippen LogP contribution in [0.3, 0.4) is 0 Å². The Bertz CT molecular complexity index is 1440. The number of hydrogen-bond donors (Lipinski definition) is 1. The predicted molar refractivity (Wildman–Crippen MR) is 154 cm³/mol. The molecule has 1 amide bonds. The number of hydrogen-bond acceptors (Lipinski definition) is 5. The molecule has 5 rings (SSSR count). The molecule has 7 heteroatoms. The zero-order valence-electron chi connectivity index (χ0n) is 21.5. The molecule has 0 unspecified atom stereocenters. The van der Waals surface area contributed by atoms with Crippen molar-refractivity contribution in [3.05, 3.63) is 75.8 Å². The number of benzene rings is 2. The van der Waals surface area contributed by atoms with Crippen LogP contribution in [0.1, 0.15) is 53.5 Å². The quantitative estimate of drug-likeness (QED) is 0.275. The van der Waals surface area contributed by atoms with Crippen LogP contribution in [0, 0.1) is 12.8 Å². The fourth-order valence-electron chi connectivity index (χ4n) is 5.34. The zero-order valence-corrected chi connectivity index (χ0v) is 23.0. The molecule has 0 aliphatic heterocycles. The molecule has 2 aromatic heterocycles. The van der Waals surface area contributed by atoms with Gasteiger partial charge in [-0.1, -0.05) is 42.8 Å². The molecule has 0 spiro atoms. The Morgan fingerprint density at radius 3 is 2.59 bits per heavy atom. The number of halogens is 1. The number of nitrogens with two attached hydrogens (primary N) is 1. The van der Waals surface area contributed by atoms with Gasteiger partial charge in [-0.3, -0.25) is 4.79 Å². The van der Waals surface area contributed by atoms with Crippen molar-refractivity contribution in [2.45, 2.75) is 52.1 Å². The number of aromatic nitrogens is 1. The van der Waals surface area contributed by atoms with Crippen LogP contribution in [0.4, 0.5) is 5.82 Å². The minimum atomic E-state index is -0.0106. The molecule has 1 saturated carbocycles. The molecule has 5 nitrogen and oxygen atoms in total. The number of nitrogen functional groups attached to an aromatic ring is 1. The number of amides is 1. The Labute approximate surface area is 227 Å². The first-order valence-corrected chi connectivity index (χ1v) is 13.9. The van der Waals surface area contributed by atoms with E-state index in [2.05, 4.69) is 18.0 Å². The third kappa shape index (κ3) is 5.18. The molecule has 0 bridgehead atoms. The van der Waals surface area contributed by atoms with Crippen molar-refractivity contribution in [2.24, 2.45) is 5.92 Å². The maximum Gasteiger partial charge on any atom is 0.266 e. The number of rotatable bonds is 6. The van der Waals surface area contributed by atoms with Crippen molar-refractivity contribution in [3.8, 4) is 16.9 Å². The predicted octanol–water partition coefficient (Wildman–Crippen LogP) is 7.74. The van der Waals surface area contributed by atoms with Gasteiger partial charge in [-0.25, -0.2) is 4.98 Å². The average Bonchev–Trinajstić information content (AvgIpc) is 3.24. The first-order chi connectivity index (χ1) is 17.9. The molecule has 0 atom stereocenters. The Morgan fingerprint density at radius 2 is 1.89 bits per heavy atom. The first-order valence-electron chi connectivity index (χ1n) is 12.7. The first kappa shape index (κ1) is 25.6. The van der Waals surface area contributed by atoms with Crippen molar-refractivity contribution in [1.82, 2.24) is 9.88 Å². The maximum absolute atomic E-state index is 14.2. The second-order valence-corrected chi connectivity index (χ2v) is 11.4. The lowest BCUT2D eigenvalue weighted by molar-refractivity contribution is 0.0597. The fraction of sp³-hybridized carbons (Fsp3) is 0.333. The van der Waals surface area contributed by atoms with E-state index in [-0.39, 0.29) is 11.9 Å². The van der Waals surface area contributed by atoms with E-state index >= 15 is 0 Å². The Balaban J connectivity index is 1.55. The minimum absolute atomic E-state index is 0.0106. The zero-order chi connectivity index (χ0) is 26.1. The van der Waals surface area contributed by atoms with Gasteiger partial charge < -0.3 is 15.4 Å². The van der Waals surface area contributed by atoms with Crippen molar-refractivity contribution in [2.75, 3.05) is 12.8 Å². The highest BCUT2D eigenvalue weighted by atomic mass is 35.5. The molecular formula is C30H32ClN3O2S. The van der Waals surface area contributed by atoms with Gasteiger partial charge in [0.1, 0.15) is 16.4 Å². The Hall–Kier alpha value is -3.09. The number of thiophene rings is 1. The molecule has 4 aromatic rings. The van der Waals surface area contributed by atoms with Crippen LogP contribution in [0.2, 0.25) is 5.02 Å². The van der Waals surface area contributed by atoms with E-state index in [0.717, 1.165) is 63.9 Å². The molecule has 192 valence electrons. The summed E-state index contributed by atoms with van der Waals surface area (Å²) in [5.41, 5.74) is 9.73. The summed E-state index contributed by atoms with van der Waals surface area (Å²) in [5.74, 6) is 1.93. The Kier molecular flexibility index (Phi) is 7.40. The molecular weight excluding hydrogens is 502 g/mol. The Morgan fingerprint density at radius 1 is 1.14 bits per heavy atom. The summed E-state index contributed by atoms with van der Waals surface area (Å²) < 4.78 is 6.78. The summed E-state index contributed by atoms with van der Waals surface area (Å²) in [6, 6.07) is 18.0. The van der Waals surface area contributed by atoms with Crippen LogP contribution >= 0.6 is 22.9 Å². The van der Waals surface area contributed by atoms with Crippen molar-refractivity contribution in [3.63, 3.8) is 0 Å². The maximum atomic E-state index is 14.2. The van der Waals surface area contributed by atoms with Gasteiger partial charge in [0.25, 0.3) is 5.91 Å². The van der Waals surface area contributed by atoms with E-state index in [1.807, 2.05) is 60.4 Å². The third-order valence-electron chi connectivity index (χ3n) is 7.46. The van der Waals surface area contributed by atoms with Crippen LogP contribution in [0.25, 0.3) is 21.2 Å². The number of aryl methyl sites for hydroxylation is 1. The highest BCUT2D eigenvalue weighted by Crippen LogP contribution is 2.39. The van der Waals surface area contributed by atoms with Gasteiger partial charge in [-0.15, -0.1) is 11.3 Å². The van der Waals surface area contributed by atoms with E-state index in [4.69, 9.17) is 22.1 Å². The molecule has 0 saturated heterocycles. The van der Waals surface area contributed by atoms with Crippen molar-refractivity contribution < 1.29 is 9.53 Å². The number of fused-ring (bicyclic) bond motifs is 1. The lowest BCUT2D eigenvalue weighted by atomic mass is 9.86. The van der Waals surface area contributed by atoms with Crippen LogP contribution < -0.4 is 10.5 Å². The number of nitrogens with zero attached hydrogens (tertiary/aromatic N) is 2. The average molecular weight is 534 g/mol. The lowest BCUT2D eigenvalue weighted by Gasteiger charge is -2.36.